The summed E-state index contributed by atoms with van der Waals surface area (Å²) in [5.41, 5.74) is 4.47. The standard InChI is InChI=1S/C22H20IN5O2/c1-12(2)25-21(30)13-3-6-16(7-4-13)26-22-24-11-14-9-19(29)27-18-10-15(23)5-8-17(18)20(14)28-22/h3-8,10-12H,9H2,1-2H3,(H,25,30)(H,27,29)(H,24,26,28). The van der Waals surface area contributed by atoms with Gasteiger partial charge in [-0.1, -0.05) is 0 Å². The van der Waals surface area contributed by atoms with Gasteiger partial charge in [0.15, 0.2) is 0 Å². The highest BCUT2D eigenvalue weighted by molar-refractivity contribution is 14.1. The lowest BCUT2D eigenvalue weighted by Gasteiger charge is -2.11. The number of hydrogen-bond acceptors (Lipinski definition) is 5. The summed E-state index contributed by atoms with van der Waals surface area (Å²) in [4.78, 5) is 33.4. The van der Waals surface area contributed by atoms with E-state index >= 15 is 0 Å². The lowest BCUT2D eigenvalue weighted by atomic mass is 10.1. The van der Waals surface area contributed by atoms with Crippen molar-refractivity contribution in [3.05, 3.63) is 63.4 Å². The number of nitrogens with zero attached hydrogens (tertiary/aromatic N) is 2. The largest absolute Gasteiger partial charge is 0.350 e. The van der Waals surface area contributed by atoms with Crippen molar-refractivity contribution in [2.45, 2.75) is 26.3 Å². The summed E-state index contributed by atoms with van der Waals surface area (Å²) in [5.74, 6) is 0.227. The summed E-state index contributed by atoms with van der Waals surface area (Å²) in [6, 6.07) is 13.1. The SMILES string of the molecule is CC(C)NC(=O)c1ccc(Nc2ncc3c(n2)-c2ccc(I)cc2NC(=O)C3)cc1. The highest BCUT2D eigenvalue weighted by Gasteiger charge is 2.21. The Morgan fingerprint density at radius 3 is 2.67 bits per heavy atom. The molecule has 0 spiro atoms. The average molecular weight is 513 g/mol. The van der Waals surface area contributed by atoms with Crippen LogP contribution in [0.4, 0.5) is 17.3 Å². The van der Waals surface area contributed by atoms with Crippen LogP contribution in [-0.2, 0) is 11.2 Å². The molecule has 1 aliphatic rings. The fraction of sp³-hybridized carbons (Fsp3) is 0.182. The molecule has 3 aromatic rings. The summed E-state index contributed by atoms with van der Waals surface area (Å²) in [6.07, 6.45) is 1.91. The number of aromatic nitrogens is 2. The van der Waals surface area contributed by atoms with Crippen molar-refractivity contribution in [3.63, 3.8) is 0 Å². The zero-order chi connectivity index (χ0) is 21.3. The van der Waals surface area contributed by atoms with Crippen molar-refractivity contribution >= 4 is 51.7 Å². The topological polar surface area (TPSA) is 96.0 Å². The van der Waals surface area contributed by atoms with Crippen molar-refractivity contribution in [2.24, 2.45) is 0 Å². The van der Waals surface area contributed by atoms with E-state index in [1.54, 1.807) is 18.3 Å². The molecule has 2 heterocycles. The molecule has 152 valence electrons. The van der Waals surface area contributed by atoms with Gasteiger partial charge in [0.25, 0.3) is 5.91 Å². The fourth-order valence-electron chi connectivity index (χ4n) is 3.20. The molecular formula is C22H20IN5O2. The number of carbonyl (C=O) groups is 2. The first-order valence-corrected chi connectivity index (χ1v) is 10.6. The summed E-state index contributed by atoms with van der Waals surface area (Å²) in [6.45, 7) is 3.84. The van der Waals surface area contributed by atoms with Crippen LogP contribution >= 0.6 is 22.6 Å². The molecule has 4 rings (SSSR count). The third-order valence-corrected chi connectivity index (χ3v) is 5.22. The Labute approximate surface area is 187 Å². The predicted octanol–water partition coefficient (Wildman–Crippen LogP) is 4.12. The van der Waals surface area contributed by atoms with Crippen LogP contribution in [0.1, 0.15) is 29.8 Å². The van der Waals surface area contributed by atoms with E-state index < -0.39 is 0 Å². The van der Waals surface area contributed by atoms with Crippen LogP contribution in [0.25, 0.3) is 11.3 Å². The number of carbonyl (C=O) groups excluding carboxylic acids is 2. The molecule has 2 amide bonds. The van der Waals surface area contributed by atoms with Crippen molar-refractivity contribution in [1.82, 2.24) is 15.3 Å². The summed E-state index contributed by atoms with van der Waals surface area (Å²) in [7, 11) is 0. The average Bonchev–Trinajstić information content (AvgIpc) is 2.82. The Morgan fingerprint density at radius 2 is 1.93 bits per heavy atom. The van der Waals surface area contributed by atoms with Gasteiger partial charge < -0.3 is 16.0 Å². The van der Waals surface area contributed by atoms with Crippen LogP contribution < -0.4 is 16.0 Å². The molecule has 0 unspecified atom stereocenters. The molecule has 0 bridgehead atoms. The van der Waals surface area contributed by atoms with Crippen LogP contribution in [0.5, 0.6) is 0 Å². The minimum absolute atomic E-state index is 0.0795. The van der Waals surface area contributed by atoms with Crippen LogP contribution in [0.15, 0.2) is 48.7 Å². The van der Waals surface area contributed by atoms with Gasteiger partial charge in [-0.25, -0.2) is 9.97 Å². The molecule has 0 saturated heterocycles. The van der Waals surface area contributed by atoms with Gasteiger partial charge in [0.1, 0.15) is 0 Å². The molecular weight excluding hydrogens is 493 g/mol. The summed E-state index contributed by atoms with van der Waals surface area (Å²) < 4.78 is 1.03. The van der Waals surface area contributed by atoms with E-state index in [4.69, 9.17) is 0 Å². The molecule has 3 N–H and O–H groups in total. The highest BCUT2D eigenvalue weighted by Crippen LogP contribution is 2.34. The number of anilines is 3. The Bertz CT molecular complexity index is 1130. The lowest BCUT2D eigenvalue weighted by molar-refractivity contribution is -0.115. The van der Waals surface area contributed by atoms with Crippen LogP contribution in [0.2, 0.25) is 0 Å². The van der Waals surface area contributed by atoms with Crippen LogP contribution in [0.3, 0.4) is 0 Å². The lowest BCUT2D eigenvalue weighted by Crippen LogP contribution is -2.29. The van der Waals surface area contributed by atoms with Crippen LogP contribution in [-0.4, -0.2) is 27.8 Å². The smallest absolute Gasteiger partial charge is 0.251 e. The number of benzene rings is 2. The molecule has 7 nitrogen and oxygen atoms in total. The maximum absolute atomic E-state index is 12.2. The summed E-state index contributed by atoms with van der Waals surface area (Å²) >= 11 is 2.22. The molecule has 0 aliphatic carbocycles. The first-order valence-electron chi connectivity index (χ1n) is 9.52. The fourth-order valence-corrected chi connectivity index (χ4v) is 3.69. The number of rotatable bonds is 4. The van der Waals surface area contributed by atoms with Gasteiger partial charge in [0.2, 0.25) is 11.9 Å². The van der Waals surface area contributed by atoms with E-state index in [0.717, 1.165) is 31.8 Å². The maximum atomic E-state index is 12.2. The molecule has 1 aromatic heterocycles. The van der Waals surface area contributed by atoms with Gasteiger partial charge in [-0.2, -0.15) is 0 Å². The monoisotopic (exact) mass is 513 g/mol. The van der Waals surface area contributed by atoms with E-state index in [9.17, 15) is 9.59 Å². The molecule has 2 aromatic carbocycles. The number of hydrogen-bond donors (Lipinski definition) is 3. The van der Waals surface area contributed by atoms with Gasteiger partial charge in [-0.05, 0) is 78.9 Å². The first-order chi connectivity index (χ1) is 14.4. The maximum Gasteiger partial charge on any atom is 0.251 e. The third-order valence-electron chi connectivity index (χ3n) is 4.55. The Balaban J connectivity index is 1.61. The van der Waals surface area contributed by atoms with Crippen molar-refractivity contribution < 1.29 is 9.59 Å². The quantitative estimate of drug-likeness (QED) is 0.457. The first kappa shape index (κ1) is 20.3. The zero-order valence-electron chi connectivity index (χ0n) is 16.5. The number of amides is 2. The molecule has 8 heteroatoms. The highest BCUT2D eigenvalue weighted by atomic mass is 127. The molecule has 0 radical (unpaired) electrons. The Morgan fingerprint density at radius 1 is 1.17 bits per heavy atom. The molecule has 0 atom stereocenters. The van der Waals surface area contributed by atoms with Gasteiger partial charge in [-0.3, -0.25) is 9.59 Å². The molecule has 1 aliphatic heterocycles. The Hall–Kier alpha value is -3.01. The minimum atomic E-state index is -0.110. The summed E-state index contributed by atoms with van der Waals surface area (Å²) in [5, 5.41) is 8.98. The van der Waals surface area contributed by atoms with E-state index in [1.165, 1.54) is 0 Å². The van der Waals surface area contributed by atoms with E-state index in [1.807, 2.05) is 44.2 Å². The third kappa shape index (κ3) is 4.43. The van der Waals surface area contributed by atoms with Gasteiger partial charge in [-0.15, -0.1) is 0 Å². The van der Waals surface area contributed by atoms with Crippen molar-refractivity contribution in [1.29, 1.82) is 0 Å². The number of halogens is 1. The number of fused-ring (bicyclic) bond motifs is 3. The van der Waals surface area contributed by atoms with Gasteiger partial charge in [0, 0.05) is 38.2 Å². The van der Waals surface area contributed by atoms with E-state index in [-0.39, 0.29) is 24.3 Å². The van der Waals surface area contributed by atoms with E-state index in [0.29, 0.717) is 11.5 Å². The van der Waals surface area contributed by atoms with Gasteiger partial charge in [0.05, 0.1) is 17.8 Å². The van der Waals surface area contributed by atoms with Crippen LogP contribution in [0, 0.1) is 3.57 Å². The number of nitrogens with one attached hydrogen (secondary N) is 3. The molecule has 30 heavy (non-hydrogen) atoms. The van der Waals surface area contributed by atoms with Gasteiger partial charge >= 0.3 is 0 Å². The predicted molar refractivity (Wildman–Crippen MR) is 125 cm³/mol. The second-order valence-corrected chi connectivity index (χ2v) is 8.56. The van der Waals surface area contributed by atoms with E-state index in [2.05, 4.69) is 48.5 Å². The minimum Gasteiger partial charge on any atom is -0.350 e. The van der Waals surface area contributed by atoms with Crippen molar-refractivity contribution in [2.75, 3.05) is 10.6 Å². The molecule has 0 fully saturated rings. The van der Waals surface area contributed by atoms with Crippen molar-refractivity contribution in [3.8, 4) is 11.3 Å². The zero-order valence-corrected chi connectivity index (χ0v) is 18.6. The Kier molecular flexibility index (Phi) is 5.67. The molecule has 0 saturated carbocycles. The second-order valence-electron chi connectivity index (χ2n) is 7.31. The normalized spacial score (nSPS) is 12.5. The second kappa shape index (κ2) is 8.39.